The first-order valence-corrected chi connectivity index (χ1v) is 11.1. The second-order valence-electron chi connectivity index (χ2n) is 5.00. The third kappa shape index (κ3) is 6.35. The Bertz CT molecular complexity index is 690. The molecule has 0 aliphatic heterocycles. The van der Waals surface area contributed by atoms with Gasteiger partial charge in [0.15, 0.2) is 0 Å². The molecule has 0 saturated heterocycles. The largest absolute Gasteiger partial charge is 0.109 e. The standard InChI is InChI=1S/C19H13Cl3S3/c20-13-1-7-16(8-2-13)23-19(24-17-9-3-14(21)4-10-17)25-18-11-5-15(22)6-12-18/h1-12,19H. The van der Waals surface area contributed by atoms with Gasteiger partial charge < -0.3 is 0 Å². The second kappa shape index (κ2) is 9.50. The van der Waals surface area contributed by atoms with Crippen molar-refractivity contribution in [3.63, 3.8) is 0 Å². The third-order valence-corrected chi connectivity index (χ3v) is 7.84. The summed E-state index contributed by atoms with van der Waals surface area (Å²) in [6, 6.07) is 23.8. The molecular formula is C19H13Cl3S3. The zero-order valence-electron chi connectivity index (χ0n) is 12.9. The van der Waals surface area contributed by atoms with Crippen molar-refractivity contribution >= 4 is 70.1 Å². The van der Waals surface area contributed by atoms with Crippen LogP contribution in [0.25, 0.3) is 0 Å². The number of benzene rings is 3. The Hall–Kier alpha value is -0.420. The summed E-state index contributed by atoms with van der Waals surface area (Å²) < 4.78 is 0.239. The van der Waals surface area contributed by atoms with E-state index in [4.69, 9.17) is 34.8 Å². The molecule has 0 saturated carbocycles. The Labute approximate surface area is 175 Å². The van der Waals surface area contributed by atoms with E-state index in [9.17, 15) is 0 Å². The molecule has 3 rings (SSSR count). The quantitative estimate of drug-likeness (QED) is 0.276. The van der Waals surface area contributed by atoms with Gasteiger partial charge >= 0.3 is 0 Å². The van der Waals surface area contributed by atoms with Crippen molar-refractivity contribution in [1.29, 1.82) is 0 Å². The van der Waals surface area contributed by atoms with Crippen molar-refractivity contribution in [1.82, 2.24) is 0 Å². The Kier molecular flexibility index (Phi) is 7.35. The molecule has 0 aliphatic rings. The van der Waals surface area contributed by atoms with Gasteiger partial charge in [-0.2, -0.15) is 0 Å². The lowest BCUT2D eigenvalue weighted by Gasteiger charge is -2.16. The Balaban J connectivity index is 1.77. The molecule has 0 spiro atoms. The molecule has 0 heterocycles. The van der Waals surface area contributed by atoms with Crippen molar-refractivity contribution in [2.24, 2.45) is 0 Å². The monoisotopic (exact) mass is 442 g/mol. The molecule has 3 aromatic rings. The number of halogens is 3. The van der Waals surface area contributed by atoms with Gasteiger partial charge in [0.05, 0.1) is 0 Å². The van der Waals surface area contributed by atoms with Crippen molar-refractivity contribution < 1.29 is 0 Å². The zero-order valence-corrected chi connectivity index (χ0v) is 17.6. The lowest BCUT2D eigenvalue weighted by Crippen LogP contribution is -1.91. The van der Waals surface area contributed by atoms with Crippen LogP contribution < -0.4 is 0 Å². The maximum Gasteiger partial charge on any atom is 0.109 e. The summed E-state index contributed by atoms with van der Waals surface area (Å²) in [5.41, 5.74) is 0. The first kappa shape index (κ1) is 19.3. The minimum absolute atomic E-state index is 0.239. The van der Waals surface area contributed by atoms with Crippen LogP contribution in [-0.4, -0.2) is 3.91 Å². The van der Waals surface area contributed by atoms with E-state index in [0.717, 1.165) is 15.1 Å². The van der Waals surface area contributed by atoms with Gasteiger partial charge in [-0.25, -0.2) is 0 Å². The van der Waals surface area contributed by atoms with E-state index in [2.05, 4.69) is 0 Å². The lowest BCUT2D eigenvalue weighted by atomic mass is 10.4. The molecule has 0 atom stereocenters. The normalized spacial score (nSPS) is 11.0. The van der Waals surface area contributed by atoms with Crippen LogP contribution in [0.1, 0.15) is 0 Å². The van der Waals surface area contributed by atoms with Gasteiger partial charge in [-0.05, 0) is 72.8 Å². The molecule has 0 unspecified atom stereocenters. The van der Waals surface area contributed by atoms with E-state index >= 15 is 0 Å². The number of hydrogen-bond acceptors (Lipinski definition) is 3. The SMILES string of the molecule is Clc1ccc(SC(Sc2ccc(Cl)cc2)Sc2ccc(Cl)cc2)cc1. The van der Waals surface area contributed by atoms with Gasteiger partial charge in [-0.1, -0.05) is 70.1 Å². The molecule has 25 heavy (non-hydrogen) atoms. The minimum Gasteiger partial charge on any atom is -0.0999 e. The topological polar surface area (TPSA) is 0 Å². The average Bonchev–Trinajstić information content (AvgIpc) is 2.61. The average molecular weight is 444 g/mol. The zero-order chi connectivity index (χ0) is 17.6. The second-order valence-corrected chi connectivity index (χ2v) is 10.7. The predicted molar refractivity (Wildman–Crippen MR) is 116 cm³/mol. The smallest absolute Gasteiger partial charge is 0.0999 e. The highest BCUT2D eigenvalue weighted by Crippen LogP contribution is 2.45. The summed E-state index contributed by atoms with van der Waals surface area (Å²) in [7, 11) is 0. The Morgan fingerprint density at radius 3 is 0.920 bits per heavy atom. The summed E-state index contributed by atoms with van der Waals surface area (Å²) in [4.78, 5) is 3.53. The van der Waals surface area contributed by atoms with Crippen molar-refractivity contribution in [3.05, 3.63) is 87.9 Å². The molecule has 128 valence electrons. The highest BCUT2D eigenvalue weighted by atomic mass is 35.5. The minimum atomic E-state index is 0.239. The molecule has 0 nitrogen and oxygen atoms in total. The first-order valence-electron chi connectivity index (χ1n) is 7.35. The molecule has 0 aromatic heterocycles. The number of rotatable bonds is 6. The van der Waals surface area contributed by atoms with E-state index in [1.165, 1.54) is 14.7 Å². The fourth-order valence-corrected chi connectivity index (χ4v) is 6.45. The van der Waals surface area contributed by atoms with Gasteiger partial charge in [0.1, 0.15) is 3.91 Å². The molecule has 0 bridgehead atoms. The fraction of sp³-hybridized carbons (Fsp3) is 0.0526. The number of hydrogen-bond donors (Lipinski definition) is 0. The summed E-state index contributed by atoms with van der Waals surface area (Å²) in [6.45, 7) is 0. The van der Waals surface area contributed by atoms with Crippen LogP contribution in [-0.2, 0) is 0 Å². The summed E-state index contributed by atoms with van der Waals surface area (Å²) in [5.74, 6) is 0. The van der Waals surface area contributed by atoms with Gasteiger partial charge in [-0.15, -0.1) is 0 Å². The number of thioether (sulfide) groups is 3. The van der Waals surface area contributed by atoms with E-state index in [0.29, 0.717) is 0 Å². The molecule has 0 radical (unpaired) electrons. The molecule has 0 amide bonds. The van der Waals surface area contributed by atoms with E-state index in [1.807, 2.05) is 72.8 Å². The van der Waals surface area contributed by atoms with Crippen LogP contribution in [0.5, 0.6) is 0 Å². The summed E-state index contributed by atoms with van der Waals surface area (Å²) in [5, 5.41) is 2.24. The maximum atomic E-state index is 5.99. The van der Waals surface area contributed by atoms with Crippen molar-refractivity contribution in [3.8, 4) is 0 Å². The van der Waals surface area contributed by atoms with Crippen LogP contribution >= 0.6 is 70.1 Å². The molecule has 0 aliphatic carbocycles. The fourth-order valence-electron chi connectivity index (χ4n) is 1.94. The van der Waals surface area contributed by atoms with Crippen LogP contribution in [0.2, 0.25) is 15.1 Å². The van der Waals surface area contributed by atoms with Crippen molar-refractivity contribution in [2.75, 3.05) is 0 Å². The lowest BCUT2D eigenvalue weighted by molar-refractivity contribution is 1.44. The Morgan fingerprint density at radius 1 is 0.440 bits per heavy atom. The van der Waals surface area contributed by atoms with E-state index in [-0.39, 0.29) is 3.91 Å². The highest BCUT2D eigenvalue weighted by molar-refractivity contribution is 8.32. The third-order valence-electron chi connectivity index (χ3n) is 3.14. The van der Waals surface area contributed by atoms with Crippen LogP contribution in [0.3, 0.4) is 0 Å². The molecule has 0 fully saturated rings. The highest BCUT2D eigenvalue weighted by Gasteiger charge is 2.14. The van der Waals surface area contributed by atoms with Crippen LogP contribution in [0.4, 0.5) is 0 Å². The van der Waals surface area contributed by atoms with Crippen LogP contribution in [0, 0.1) is 0 Å². The summed E-state index contributed by atoms with van der Waals surface area (Å²) >= 11 is 23.4. The van der Waals surface area contributed by atoms with Gasteiger partial charge in [0.2, 0.25) is 0 Å². The van der Waals surface area contributed by atoms with E-state index < -0.39 is 0 Å². The van der Waals surface area contributed by atoms with Gasteiger partial charge in [0, 0.05) is 29.8 Å². The summed E-state index contributed by atoms with van der Waals surface area (Å²) in [6.07, 6.45) is 0. The van der Waals surface area contributed by atoms with E-state index in [1.54, 1.807) is 35.3 Å². The maximum absolute atomic E-state index is 5.99. The molecule has 6 heteroatoms. The van der Waals surface area contributed by atoms with Crippen LogP contribution in [0.15, 0.2) is 87.5 Å². The molecule has 3 aromatic carbocycles. The molecule has 0 N–H and O–H groups in total. The predicted octanol–water partition coefficient (Wildman–Crippen LogP) is 8.61. The van der Waals surface area contributed by atoms with Gasteiger partial charge in [-0.3, -0.25) is 0 Å². The van der Waals surface area contributed by atoms with Gasteiger partial charge in [0.25, 0.3) is 0 Å². The van der Waals surface area contributed by atoms with Crippen molar-refractivity contribution in [2.45, 2.75) is 18.6 Å². The first-order chi connectivity index (χ1) is 12.1. The molecular weight excluding hydrogens is 431 g/mol. The Morgan fingerprint density at radius 2 is 0.680 bits per heavy atom.